The van der Waals surface area contributed by atoms with Crippen molar-refractivity contribution >= 4 is 28.3 Å². The van der Waals surface area contributed by atoms with Gasteiger partial charge in [0.1, 0.15) is 11.7 Å². The monoisotopic (exact) mass is 344 g/mol. The van der Waals surface area contributed by atoms with Crippen LogP contribution in [0.2, 0.25) is 0 Å². The SMILES string of the molecule is CN(c1ccc(C#N)c(I)c1)C(O)C1(C)CO1. The molecule has 1 N–H and O–H groups in total. The largest absolute Gasteiger partial charge is 0.370 e. The Kier molecular flexibility index (Phi) is 3.30. The fourth-order valence-corrected chi connectivity index (χ4v) is 2.25. The van der Waals surface area contributed by atoms with Crippen molar-refractivity contribution in [2.45, 2.75) is 18.8 Å². The highest BCUT2D eigenvalue weighted by Gasteiger charge is 2.48. The molecule has 0 bridgehead atoms. The highest BCUT2D eigenvalue weighted by atomic mass is 127. The summed E-state index contributed by atoms with van der Waals surface area (Å²) in [6.45, 7) is 2.45. The van der Waals surface area contributed by atoms with Gasteiger partial charge in [-0.3, -0.25) is 0 Å². The summed E-state index contributed by atoms with van der Waals surface area (Å²) < 4.78 is 6.11. The van der Waals surface area contributed by atoms with Gasteiger partial charge in [-0.2, -0.15) is 5.26 Å². The standard InChI is InChI=1S/C12H13IN2O2/c1-12(7-17-12)11(16)15(2)9-4-3-8(6-14)10(13)5-9/h3-5,11,16H,7H2,1-2H3. The van der Waals surface area contributed by atoms with E-state index in [4.69, 9.17) is 10.00 Å². The van der Waals surface area contributed by atoms with E-state index in [-0.39, 0.29) is 0 Å². The zero-order valence-electron chi connectivity index (χ0n) is 9.64. The van der Waals surface area contributed by atoms with Crippen molar-refractivity contribution in [1.82, 2.24) is 0 Å². The van der Waals surface area contributed by atoms with Crippen LogP contribution in [0.3, 0.4) is 0 Å². The Morgan fingerprint density at radius 3 is 2.76 bits per heavy atom. The number of nitriles is 1. The molecule has 5 heteroatoms. The van der Waals surface area contributed by atoms with Gasteiger partial charge in [-0.25, -0.2) is 0 Å². The number of benzene rings is 1. The number of anilines is 1. The van der Waals surface area contributed by atoms with Crippen LogP contribution in [0.4, 0.5) is 5.69 Å². The van der Waals surface area contributed by atoms with Crippen molar-refractivity contribution < 1.29 is 9.84 Å². The van der Waals surface area contributed by atoms with Crippen LogP contribution in [0.25, 0.3) is 0 Å². The summed E-state index contributed by atoms with van der Waals surface area (Å²) in [4.78, 5) is 1.76. The first-order valence-electron chi connectivity index (χ1n) is 5.22. The number of aliphatic hydroxyl groups is 1. The summed E-state index contributed by atoms with van der Waals surface area (Å²) in [7, 11) is 1.81. The molecule has 0 saturated carbocycles. The molecule has 2 rings (SSSR count). The summed E-state index contributed by atoms with van der Waals surface area (Å²) in [5.41, 5.74) is 1.05. The second-order valence-corrected chi connectivity index (χ2v) is 5.52. The molecule has 2 atom stereocenters. The van der Waals surface area contributed by atoms with Crippen LogP contribution in [-0.2, 0) is 4.74 Å². The van der Waals surface area contributed by atoms with Gasteiger partial charge in [0.25, 0.3) is 0 Å². The Hall–Kier alpha value is -0.840. The van der Waals surface area contributed by atoms with E-state index in [0.29, 0.717) is 12.2 Å². The van der Waals surface area contributed by atoms with Gasteiger partial charge in [0, 0.05) is 16.3 Å². The van der Waals surface area contributed by atoms with E-state index in [9.17, 15) is 5.11 Å². The Balaban J connectivity index is 2.23. The average Bonchev–Trinajstić information content (AvgIpc) is 3.06. The van der Waals surface area contributed by atoms with Gasteiger partial charge in [0.05, 0.1) is 12.2 Å². The smallest absolute Gasteiger partial charge is 0.158 e. The van der Waals surface area contributed by atoms with Crippen LogP contribution in [0.15, 0.2) is 18.2 Å². The van der Waals surface area contributed by atoms with Gasteiger partial charge in [-0.1, -0.05) is 0 Å². The van der Waals surface area contributed by atoms with Crippen molar-refractivity contribution in [1.29, 1.82) is 5.26 Å². The molecule has 0 aromatic heterocycles. The minimum atomic E-state index is -0.675. The number of likely N-dealkylation sites (N-methyl/N-ethyl adjacent to an activating group) is 1. The lowest BCUT2D eigenvalue weighted by molar-refractivity contribution is 0.0856. The Morgan fingerprint density at radius 2 is 2.29 bits per heavy atom. The van der Waals surface area contributed by atoms with Crippen molar-refractivity contribution in [2.24, 2.45) is 0 Å². The Bertz CT molecular complexity index is 480. The quantitative estimate of drug-likeness (QED) is 0.515. The molecule has 0 aliphatic carbocycles. The number of epoxide rings is 1. The lowest BCUT2D eigenvalue weighted by Gasteiger charge is -2.28. The van der Waals surface area contributed by atoms with Gasteiger partial charge in [0.15, 0.2) is 6.23 Å². The Morgan fingerprint density at radius 1 is 1.65 bits per heavy atom. The zero-order chi connectivity index (χ0) is 12.6. The molecular formula is C12H13IN2O2. The summed E-state index contributed by atoms with van der Waals surface area (Å²) in [6, 6.07) is 7.59. The molecule has 0 spiro atoms. The van der Waals surface area contributed by atoms with E-state index in [1.165, 1.54) is 0 Å². The molecule has 1 aromatic carbocycles. The fraction of sp³-hybridized carbons (Fsp3) is 0.417. The summed E-state index contributed by atoms with van der Waals surface area (Å²) >= 11 is 2.12. The van der Waals surface area contributed by atoms with E-state index in [0.717, 1.165) is 9.26 Å². The molecule has 1 fully saturated rings. The molecule has 1 aliphatic rings. The summed E-state index contributed by atoms with van der Waals surface area (Å²) in [6.07, 6.45) is -0.675. The van der Waals surface area contributed by atoms with Gasteiger partial charge in [-0.15, -0.1) is 0 Å². The summed E-state index contributed by atoms with van der Waals surface area (Å²) in [5, 5.41) is 19.0. The van der Waals surface area contributed by atoms with Crippen LogP contribution in [-0.4, -0.2) is 30.6 Å². The lowest BCUT2D eigenvalue weighted by Crippen LogP contribution is -2.42. The number of hydrogen-bond acceptors (Lipinski definition) is 4. The molecule has 90 valence electrons. The van der Waals surface area contributed by atoms with Crippen LogP contribution in [0.1, 0.15) is 12.5 Å². The molecule has 17 heavy (non-hydrogen) atoms. The van der Waals surface area contributed by atoms with Crippen molar-refractivity contribution in [2.75, 3.05) is 18.6 Å². The molecule has 1 heterocycles. The van der Waals surface area contributed by atoms with Crippen molar-refractivity contribution in [3.8, 4) is 6.07 Å². The van der Waals surface area contributed by atoms with E-state index in [1.54, 1.807) is 11.0 Å². The summed E-state index contributed by atoms with van der Waals surface area (Å²) in [5.74, 6) is 0. The van der Waals surface area contributed by atoms with Crippen LogP contribution in [0, 0.1) is 14.9 Å². The van der Waals surface area contributed by atoms with Crippen molar-refractivity contribution in [3.05, 3.63) is 27.3 Å². The minimum absolute atomic E-state index is 0.464. The predicted molar refractivity (Wildman–Crippen MR) is 72.6 cm³/mol. The van der Waals surface area contributed by atoms with Gasteiger partial charge < -0.3 is 14.7 Å². The van der Waals surface area contributed by atoms with Gasteiger partial charge in [-0.05, 0) is 47.7 Å². The van der Waals surface area contributed by atoms with Crippen LogP contribution >= 0.6 is 22.6 Å². The van der Waals surface area contributed by atoms with Crippen molar-refractivity contribution in [3.63, 3.8) is 0 Å². The highest BCUT2D eigenvalue weighted by Crippen LogP contribution is 2.33. The number of halogens is 1. The third-order valence-electron chi connectivity index (χ3n) is 2.99. The molecule has 0 radical (unpaired) electrons. The maximum absolute atomic E-state index is 10.1. The first kappa shape index (κ1) is 12.6. The molecule has 1 aromatic rings. The lowest BCUT2D eigenvalue weighted by atomic mass is 10.1. The zero-order valence-corrected chi connectivity index (χ0v) is 11.8. The maximum atomic E-state index is 10.1. The molecule has 2 unspecified atom stereocenters. The van der Waals surface area contributed by atoms with Crippen LogP contribution < -0.4 is 4.90 Å². The number of rotatable bonds is 3. The fourth-order valence-electron chi connectivity index (χ4n) is 1.63. The molecular weight excluding hydrogens is 331 g/mol. The maximum Gasteiger partial charge on any atom is 0.158 e. The highest BCUT2D eigenvalue weighted by molar-refractivity contribution is 14.1. The third kappa shape index (κ3) is 2.39. The molecule has 1 aliphatic heterocycles. The van der Waals surface area contributed by atoms with E-state index < -0.39 is 11.8 Å². The van der Waals surface area contributed by atoms with E-state index in [1.807, 2.05) is 26.1 Å². The van der Waals surface area contributed by atoms with E-state index in [2.05, 4.69) is 28.7 Å². The van der Waals surface area contributed by atoms with E-state index >= 15 is 0 Å². The normalized spacial score (nSPS) is 23.9. The number of ether oxygens (including phenoxy) is 1. The first-order chi connectivity index (χ1) is 7.98. The predicted octanol–water partition coefficient (Wildman–Crippen LogP) is 1.71. The minimum Gasteiger partial charge on any atom is -0.370 e. The third-order valence-corrected chi connectivity index (χ3v) is 3.89. The van der Waals surface area contributed by atoms with Crippen LogP contribution in [0.5, 0.6) is 0 Å². The van der Waals surface area contributed by atoms with Gasteiger partial charge >= 0.3 is 0 Å². The molecule has 4 nitrogen and oxygen atoms in total. The van der Waals surface area contributed by atoms with Gasteiger partial charge in [0.2, 0.25) is 0 Å². The topological polar surface area (TPSA) is 59.8 Å². The molecule has 0 amide bonds. The second kappa shape index (κ2) is 4.44. The number of aliphatic hydroxyl groups excluding tert-OH is 1. The second-order valence-electron chi connectivity index (χ2n) is 4.36. The average molecular weight is 344 g/mol. The molecule has 1 saturated heterocycles. The number of nitrogens with zero attached hydrogens (tertiary/aromatic N) is 2. The number of hydrogen-bond donors (Lipinski definition) is 1. The Labute approximate surface area is 114 Å². The first-order valence-corrected chi connectivity index (χ1v) is 6.30.